The van der Waals surface area contributed by atoms with Gasteiger partial charge in [-0.15, -0.1) is 0 Å². The second-order valence-corrected chi connectivity index (χ2v) is 9.49. The van der Waals surface area contributed by atoms with Gasteiger partial charge in [-0.25, -0.2) is 9.59 Å². The second-order valence-electron chi connectivity index (χ2n) is 7.08. The van der Waals surface area contributed by atoms with Crippen LogP contribution < -0.4 is 4.74 Å². The van der Waals surface area contributed by atoms with Crippen LogP contribution in [-0.2, 0) is 0 Å². The lowest BCUT2D eigenvalue weighted by Gasteiger charge is -2.06. The lowest BCUT2D eigenvalue weighted by molar-refractivity contribution is 0.0685. The van der Waals surface area contributed by atoms with Gasteiger partial charge >= 0.3 is 11.9 Å². The Morgan fingerprint density at radius 3 is 1.63 bits per heavy atom. The number of ketones is 1. The van der Waals surface area contributed by atoms with Gasteiger partial charge in [0.1, 0.15) is 11.5 Å². The molecule has 0 unspecified atom stereocenters. The highest BCUT2D eigenvalue weighted by atomic mass is 127. The summed E-state index contributed by atoms with van der Waals surface area (Å²) in [6, 6.07) is 27.4. The quantitative estimate of drug-likeness (QED) is 0.167. The largest absolute Gasteiger partial charge is 0.478 e. The fraction of sp³-hybridized carbons (Fsp3) is 0. The predicted molar refractivity (Wildman–Crippen MR) is 149 cm³/mol. The summed E-state index contributed by atoms with van der Waals surface area (Å²) in [6.45, 7) is 0. The van der Waals surface area contributed by atoms with Gasteiger partial charge in [-0.05, 0) is 112 Å². The minimum atomic E-state index is -1.02. The van der Waals surface area contributed by atoms with Crippen molar-refractivity contribution in [2.45, 2.75) is 0 Å². The van der Waals surface area contributed by atoms with E-state index in [1.54, 1.807) is 36.4 Å². The number of ether oxygens (including phenoxy) is 1. The lowest BCUT2D eigenvalue weighted by Crippen LogP contribution is -2.02. The Balaban J connectivity index is 0.000000261. The Bertz CT molecular complexity index is 1330. The van der Waals surface area contributed by atoms with E-state index in [4.69, 9.17) is 14.9 Å². The Hall–Kier alpha value is -3.25. The van der Waals surface area contributed by atoms with Crippen molar-refractivity contribution >= 4 is 62.9 Å². The first-order valence-corrected chi connectivity index (χ1v) is 12.3. The monoisotopic (exact) mass is 692 g/mol. The first-order chi connectivity index (χ1) is 16.7. The number of aromatic carboxylic acids is 2. The molecule has 8 heteroatoms. The van der Waals surface area contributed by atoms with Crippen molar-refractivity contribution in [3.8, 4) is 11.5 Å². The summed E-state index contributed by atoms with van der Waals surface area (Å²) in [6.07, 6.45) is 0. The molecule has 0 fully saturated rings. The van der Waals surface area contributed by atoms with Crippen LogP contribution in [0.5, 0.6) is 11.5 Å². The van der Waals surface area contributed by atoms with Gasteiger partial charge in [0.05, 0.1) is 11.1 Å². The van der Waals surface area contributed by atoms with Gasteiger partial charge in [-0.2, -0.15) is 0 Å². The molecule has 0 aliphatic carbocycles. The Morgan fingerprint density at radius 1 is 0.600 bits per heavy atom. The van der Waals surface area contributed by atoms with Crippen molar-refractivity contribution in [2.75, 3.05) is 0 Å². The SMILES string of the molecule is O=C(O)c1cc(I)ccc1I.O=C(O)c1ccc(C(=O)c2ccc(Oc3ccccc3)cc2)cc1. The molecular weight excluding hydrogens is 674 g/mol. The van der Waals surface area contributed by atoms with Crippen LogP contribution >= 0.6 is 45.2 Å². The molecule has 0 heterocycles. The molecule has 4 aromatic rings. The van der Waals surface area contributed by atoms with Crippen molar-refractivity contribution in [1.82, 2.24) is 0 Å². The summed E-state index contributed by atoms with van der Waals surface area (Å²) >= 11 is 4.10. The fourth-order valence-corrected chi connectivity index (χ4v) is 3.95. The molecule has 4 aromatic carbocycles. The maximum atomic E-state index is 12.4. The van der Waals surface area contributed by atoms with Crippen molar-refractivity contribution in [2.24, 2.45) is 0 Å². The molecule has 0 saturated heterocycles. The molecule has 0 bridgehead atoms. The number of hydrogen-bond acceptors (Lipinski definition) is 4. The van der Waals surface area contributed by atoms with E-state index in [-0.39, 0.29) is 11.3 Å². The van der Waals surface area contributed by atoms with Crippen LogP contribution in [0, 0.1) is 7.14 Å². The molecule has 176 valence electrons. The molecule has 0 saturated carbocycles. The molecule has 2 N–H and O–H groups in total. The van der Waals surface area contributed by atoms with Crippen LogP contribution in [0.1, 0.15) is 36.6 Å². The maximum Gasteiger partial charge on any atom is 0.336 e. The highest BCUT2D eigenvalue weighted by molar-refractivity contribution is 14.1. The predicted octanol–water partition coefficient (Wildman–Crippen LogP) is 7.00. The summed E-state index contributed by atoms with van der Waals surface area (Å²) in [5.74, 6) is -0.692. The van der Waals surface area contributed by atoms with Crippen molar-refractivity contribution in [3.05, 3.63) is 126 Å². The van der Waals surface area contributed by atoms with Crippen LogP contribution in [0.2, 0.25) is 0 Å². The molecule has 0 radical (unpaired) electrons. The summed E-state index contributed by atoms with van der Waals surface area (Å²) in [4.78, 5) is 33.8. The molecule has 35 heavy (non-hydrogen) atoms. The number of para-hydroxylation sites is 1. The molecule has 6 nitrogen and oxygen atoms in total. The van der Waals surface area contributed by atoms with Gasteiger partial charge < -0.3 is 14.9 Å². The van der Waals surface area contributed by atoms with Crippen LogP contribution in [0.4, 0.5) is 0 Å². The van der Waals surface area contributed by atoms with E-state index in [0.29, 0.717) is 22.4 Å². The standard InChI is InChI=1S/C20H14O4.C7H4I2O2/c21-19(14-6-8-16(9-7-14)20(22)23)15-10-12-18(13-11-15)24-17-4-2-1-3-5-17;8-4-1-2-6(9)5(3-4)7(10)11/h1-13H,(H,22,23);1-3H,(H,10,11). The molecule has 0 aromatic heterocycles. The van der Waals surface area contributed by atoms with Gasteiger partial charge in [0.2, 0.25) is 0 Å². The zero-order valence-electron chi connectivity index (χ0n) is 18.0. The normalized spacial score (nSPS) is 10.0. The second kappa shape index (κ2) is 12.5. The molecule has 0 amide bonds. The third kappa shape index (κ3) is 7.62. The highest BCUT2D eigenvalue weighted by Crippen LogP contribution is 2.22. The first-order valence-electron chi connectivity index (χ1n) is 10.1. The van der Waals surface area contributed by atoms with Gasteiger partial charge in [0, 0.05) is 18.3 Å². The summed E-state index contributed by atoms with van der Waals surface area (Å²) in [5.41, 5.74) is 1.48. The average molecular weight is 692 g/mol. The van der Waals surface area contributed by atoms with Crippen LogP contribution in [-0.4, -0.2) is 27.9 Å². The number of carboxylic acids is 2. The van der Waals surface area contributed by atoms with Crippen LogP contribution in [0.25, 0.3) is 0 Å². The summed E-state index contributed by atoms with van der Waals surface area (Å²) in [5, 5.41) is 17.6. The van der Waals surface area contributed by atoms with Crippen molar-refractivity contribution < 1.29 is 29.3 Å². The summed E-state index contributed by atoms with van der Waals surface area (Å²) < 4.78 is 7.40. The average Bonchev–Trinajstić information content (AvgIpc) is 2.86. The van der Waals surface area contributed by atoms with Crippen LogP contribution in [0.15, 0.2) is 97.1 Å². The van der Waals surface area contributed by atoms with E-state index < -0.39 is 11.9 Å². The van der Waals surface area contributed by atoms with Gasteiger partial charge in [-0.1, -0.05) is 30.3 Å². The Morgan fingerprint density at radius 2 is 1.11 bits per heavy atom. The van der Waals surface area contributed by atoms with E-state index in [1.165, 1.54) is 24.3 Å². The van der Waals surface area contributed by atoms with Crippen LogP contribution in [0.3, 0.4) is 0 Å². The van der Waals surface area contributed by atoms with Crippen molar-refractivity contribution in [1.29, 1.82) is 0 Å². The van der Waals surface area contributed by atoms with E-state index in [1.807, 2.05) is 59.0 Å². The topological polar surface area (TPSA) is 101 Å². The number of rotatable bonds is 6. The zero-order chi connectivity index (χ0) is 25.4. The van der Waals surface area contributed by atoms with Gasteiger partial charge in [0.25, 0.3) is 0 Å². The number of carbonyl (C=O) groups is 3. The van der Waals surface area contributed by atoms with Crippen molar-refractivity contribution in [3.63, 3.8) is 0 Å². The molecule has 4 rings (SSSR count). The van der Waals surface area contributed by atoms with E-state index in [0.717, 1.165) is 12.9 Å². The number of benzene rings is 4. The molecule has 0 aliphatic rings. The molecule has 0 spiro atoms. The Labute approximate surface area is 228 Å². The molecule has 0 atom stereocenters. The lowest BCUT2D eigenvalue weighted by atomic mass is 10.0. The van der Waals surface area contributed by atoms with E-state index in [2.05, 4.69) is 22.6 Å². The Kier molecular flexibility index (Phi) is 9.38. The maximum absolute atomic E-state index is 12.4. The number of carbonyl (C=O) groups excluding carboxylic acids is 1. The third-order valence-corrected chi connectivity index (χ3v) is 6.26. The molecular formula is C27H18I2O6. The van der Waals surface area contributed by atoms with E-state index in [9.17, 15) is 14.4 Å². The molecule has 0 aliphatic heterocycles. The number of carboxylic acid groups (broad SMARTS) is 2. The smallest absolute Gasteiger partial charge is 0.336 e. The zero-order valence-corrected chi connectivity index (χ0v) is 22.3. The number of halogens is 2. The van der Waals surface area contributed by atoms with E-state index >= 15 is 0 Å². The third-order valence-electron chi connectivity index (χ3n) is 4.65. The highest BCUT2D eigenvalue weighted by Gasteiger charge is 2.11. The minimum Gasteiger partial charge on any atom is -0.478 e. The van der Waals surface area contributed by atoms with Gasteiger partial charge in [-0.3, -0.25) is 4.79 Å². The first kappa shape index (κ1) is 26.4. The summed E-state index contributed by atoms with van der Waals surface area (Å²) in [7, 11) is 0. The number of hydrogen-bond donors (Lipinski definition) is 2. The fourth-order valence-electron chi connectivity index (χ4n) is 2.89. The van der Waals surface area contributed by atoms with Gasteiger partial charge in [0.15, 0.2) is 5.78 Å². The minimum absolute atomic E-state index is 0.151.